The first-order valence-electron chi connectivity index (χ1n) is 8.19. The van der Waals surface area contributed by atoms with Crippen LogP contribution in [0.15, 0.2) is 0 Å². The van der Waals surface area contributed by atoms with Crippen LogP contribution in [0.5, 0.6) is 0 Å². The van der Waals surface area contributed by atoms with Crippen molar-refractivity contribution in [3.63, 3.8) is 0 Å². The molecule has 0 spiro atoms. The molecule has 1 aliphatic carbocycles. The van der Waals surface area contributed by atoms with Crippen LogP contribution in [0.4, 0.5) is 0 Å². The van der Waals surface area contributed by atoms with E-state index in [1.807, 2.05) is 0 Å². The SMILES string of the molecule is CCCNC(C1CCOCC1)C1(N(C)C)CCCC1. The molecule has 0 aromatic heterocycles. The molecule has 1 atom stereocenters. The van der Waals surface area contributed by atoms with Gasteiger partial charge in [-0.3, -0.25) is 0 Å². The molecule has 0 aromatic rings. The number of ether oxygens (including phenoxy) is 1. The van der Waals surface area contributed by atoms with Gasteiger partial charge in [-0.1, -0.05) is 19.8 Å². The van der Waals surface area contributed by atoms with Gasteiger partial charge in [0.05, 0.1) is 0 Å². The predicted octanol–water partition coefficient (Wildman–Crippen LogP) is 2.66. The molecule has 3 heteroatoms. The third-order valence-corrected chi connectivity index (χ3v) is 5.29. The first kappa shape index (κ1) is 15.3. The number of hydrogen-bond acceptors (Lipinski definition) is 3. The Morgan fingerprint density at radius 3 is 2.37 bits per heavy atom. The van der Waals surface area contributed by atoms with E-state index in [1.165, 1.54) is 44.9 Å². The van der Waals surface area contributed by atoms with Crippen molar-refractivity contribution in [2.24, 2.45) is 5.92 Å². The van der Waals surface area contributed by atoms with Gasteiger partial charge in [-0.15, -0.1) is 0 Å². The lowest BCUT2D eigenvalue weighted by Crippen LogP contribution is -2.61. The van der Waals surface area contributed by atoms with Crippen LogP contribution in [-0.2, 0) is 4.74 Å². The van der Waals surface area contributed by atoms with Crippen molar-refractivity contribution < 1.29 is 4.74 Å². The quantitative estimate of drug-likeness (QED) is 0.801. The number of rotatable bonds is 6. The lowest BCUT2D eigenvalue weighted by Gasteiger charge is -2.48. The van der Waals surface area contributed by atoms with Crippen LogP contribution in [0.1, 0.15) is 51.9 Å². The molecule has 0 radical (unpaired) electrons. The van der Waals surface area contributed by atoms with Crippen molar-refractivity contribution >= 4 is 0 Å². The summed E-state index contributed by atoms with van der Waals surface area (Å²) in [5, 5.41) is 3.91. The molecule has 19 heavy (non-hydrogen) atoms. The fourth-order valence-electron chi connectivity index (χ4n) is 4.17. The Bertz CT molecular complexity index is 255. The Hall–Kier alpha value is -0.120. The molecule has 112 valence electrons. The number of nitrogens with zero attached hydrogens (tertiary/aromatic N) is 1. The molecule has 1 heterocycles. The van der Waals surface area contributed by atoms with Crippen molar-refractivity contribution in [2.45, 2.75) is 63.5 Å². The highest BCUT2D eigenvalue weighted by Gasteiger charge is 2.46. The highest BCUT2D eigenvalue weighted by molar-refractivity contribution is 5.04. The smallest absolute Gasteiger partial charge is 0.0469 e. The third-order valence-electron chi connectivity index (χ3n) is 5.29. The minimum Gasteiger partial charge on any atom is -0.381 e. The van der Waals surface area contributed by atoms with Gasteiger partial charge in [0.1, 0.15) is 0 Å². The van der Waals surface area contributed by atoms with Gasteiger partial charge in [-0.2, -0.15) is 0 Å². The molecule has 1 aliphatic heterocycles. The van der Waals surface area contributed by atoms with Gasteiger partial charge in [0.15, 0.2) is 0 Å². The maximum Gasteiger partial charge on any atom is 0.0469 e. The van der Waals surface area contributed by atoms with Crippen molar-refractivity contribution in [2.75, 3.05) is 33.9 Å². The standard InChI is InChI=1S/C16H32N2O/c1-4-11-17-15(14-7-12-19-13-8-14)16(18(2)3)9-5-6-10-16/h14-15,17H,4-13H2,1-3H3. The Balaban J connectivity index is 2.13. The predicted molar refractivity (Wildman–Crippen MR) is 80.5 cm³/mol. The summed E-state index contributed by atoms with van der Waals surface area (Å²) in [6.07, 6.45) is 9.20. The second kappa shape index (κ2) is 7.05. The van der Waals surface area contributed by atoms with Crippen LogP contribution in [0, 0.1) is 5.92 Å². The first-order chi connectivity index (χ1) is 9.20. The summed E-state index contributed by atoms with van der Waals surface area (Å²) < 4.78 is 5.57. The minimum atomic E-state index is 0.386. The minimum absolute atomic E-state index is 0.386. The first-order valence-corrected chi connectivity index (χ1v) is 8.19. The van der Waals surface area contributed by atoms with E-state index >= 15 is 0 Å². The van der Waals surface area contributed by atoms with E-state index in [0.29, 0.717) is 11.6 Å². The number of likely N-dealkylation sites (N-methyl/N-ethyl adjacent to an activating group) is 1. The van der Waals surface area contributed by atoms with Crippen molar-refractivity contribution in [3.05, 3.63) is 0 Å². The summed E-state index contributed by atoms with van der Waals surface area (Å²) in [4.78, 5) is 2.52. The van der Waals surface area contributed by atoms with E-state index in [9.17, 15) is 0 Å². The van der Waals surface area contributed by atoms with Crippen molar-refractivity contribution in [1.29, 1.82) is 0 Å². The van der Waals surface area contributed by atoms with E-state index in [-0.39, 0.29) is 0 Å². The Kier molecular flexibility index (Phi) is 5.67. The van der Waals surface area contributed by atoms with Crippen LogP contribution in [0.25, 0.3) is 0 Å². The summed E-state index contributed by atoms with van der Waals surface area (Å²) in [7, 11) is 4.57. The summed E-state index contributed by atoms with van der Waals surface area (Å²) in [6, 6.07) is 0.647. The highest BCUT2D eigenvalue weighted by Crippen LogP contribution is 2.41. The van der Waals surface area contributed by atoms with E-state index in [4.69, 9.17) is 4.74 Å². The molecule has 1 unspecified atom stereocenters. The largest absolute Gasteiger partial charge is 0.381 e. The van der Waals surface area contributed by atoms with Crippen LogP contribution in [-0.4, -0.2) is 50.3 Å². The average molecular weight is 268 g/mol. The lowest BCUT2D eigenvalue weighted by atomic mass is 9.76. The molecule has 1 saturated carbocycles. The van der Waals surface area contributed by atoms with E-state index < -0.39 is 0 Å². The average Bonchev–Trinajstić information content (AvgIpc) is 2.91. The summed E-state index contributed by atoms with van der Waals surface area (Å²) in [6.45, 7) is 5.33. The van der Waals surface area contributed by atoms with Gasteiger partial charge < -0.3 is 15.0 Å². The molecular formula is C16H32N2O. The normalized spacial score (nSPS) is 25.9. The second-order valence-corrected chi connectivity index (χ2v) is 6.59. The molecular weight excluding hydrogens is 236 g/mol. The maximum absolute atomic E-state index is 5.57. The Labute approximate surface area is 119 Å². The third kappa shape index (κ3) is 3.32. The zero-order chi connectivity index (χ0) is 13.7. The van der Waals surface area contributed by atoms with Crippen LogP contribution >= 0.6 is 0 Å². The molecule has 0 aromatic carbocycles. The number of nitrogens with one attached hydrogen (secondary N) is 1. The molecule has 0 amide bonds. The van der Waals surface area contributed by atoms with Crippen molar-refractivity contribution in [1.82, 2.24) is 10.2 Å². The molecule has 0 bridgehead atoms. The van der Waals surface area contributed by atoms with Gasteiger partial charge >= 0.3 is 0 Å². The Morgan fingerprint density at radius 1 is 1.21 bits per heavy atom. The molecule has 1 saturated heterocycles. The molecule has 2 aliphatic rings. The van der Waals surface area contributed by atoms with Crippen LogP contribution in [0.3, 0.4) is 0 Å². The fourth-order valence-corrected chi connectivity index (χ4v) is 4.17. The zero-order valence-electron chi connectivity index (χ0n) is 13.1. The highest BCUT2D eigenvalue weighted by atomic mass is 16.5. The summed E-state index contributed by atoms with van der Waals surface area (Å²) >= 11 is 0. The zero-order valence-corrected chi connectivity index (χ0v) is 13.1. The summed E-state index contributed by atoms with van der Waals surface area (Å²) in [5.41, 5.74) is 0.386. The van der Waals surface area contributed by atoms with Crippen LogP contribution in [0.2, 0.25) is 0 Å². The van der Waals surface area contributed by atoms with E-state index in [1.54, 1.807) is 0 Å². The van der Waals surface area contributed by atoms with Gasteiger partial charge in [-0.05, 0) is 58.7 Å². The Morgan fingerprint density at radius 2 is 1.84 bits per heavy atom. The maximum atomic E-state index is 5.57. The van der Waals surface area contributed by atoms with E-state index in [0.717, 1.165) is 25.7 Å². The molecule has 3 nitrogen and oxygen atoms in total. The van der Waals surface area contributed by atoms with Gasteiger partial charge in [-0.25, -0.2) is 0 Å². The monoisotopic (exact) mass is 268 g/mol. The topological polar surface area (TPSA) is 24.5 Å². The van der Waals surface area contributed by atoms with E-state index in [2.05, 4.69) is 31.2 Å². The fraction of sp³-hybridized carbons (Fsp3) is 1.00. The molecule has 2 rings (SSSR count). The molecule has 1 N–H and O–H groups in total. The number of hydrogen-bond donors (Lipinski definition) is 1. The van der Waals surface area contributed by atoms with Gasteiger partial charge in [0, 0.05) is 24.8 Å². The van der Waals surface area contributed by atoms with Gasteiger partial charge in [0.25, 0.3) is 0 Å². The van der Waals surface area contributed by atoms with Crippen molar-refractivity contribution in [3.8, 4) is 0 Å². The second-order valence-electron chi connectivity index (χ2n) is 6.59. The van der Waals surface area contributed by atoms with Gasteiger partial charge in [0.2, 0.25) is 0 Å². The lowest BCUT2D eigenvalue weighted by molar-refractivity contribution is 0.00990. The summed E-state index contributed by atoms with van der Waals surface area (Å²) in [5.74, 6) is 0.792. The molecule has 2 fully saturated rings. The van der Waals surface area contributed by atoms with Crippen LogP contribution < -0.4 is 5.32 Å².